The van der Waals surface area contributed by atoms with Gasteiger partial charge in [0.1, 0.15) is 18.3 Å². The van der Waals surface area contributed by atoms with Gasteiger partial charge in [0.2, 0.25) is 5.91 Å². The van der Waals surface area contributed by atoms with Crippen LogP contribution in [-0.4, -0.2) is 95.9 Å². The number of hydrogen-bond donors (Lipinski definition) is 6. The normalized spacial score (nSPS) is 19.8. The third-order valence-corrected chi connectivity index (χ3v) is 9.75. The maximum Gasteiger partial charge on any atom is 0.234 e. The number of aliphatic hydroxyl groups excluding tert-OH is 3. The number of primary amides is 1. The number of aryl methyl sites for hydroxylation is 2. The molecular weight excluding hydrogens is 632 g/mol. The number of carbonyl (C=O) groups is 1. The average Bonchev–Trinajstić information content (AvgIpc) is 3.13. The Morgan fingerprint density at radius 3 is 2.26 bits per heavy atom. The van der Waals surface area contributed by atoms with Crippen molar-refractivity contribution < 1.29 is 29.6 Å². The summed E-state index contributed by atoms with van der Waals surface area (Å²) >= 11 is 0. The Morgan fingerprint density at radius 1 is 0.900 bits per heavy atom. The van der Waals surface area contributed by atoms with Crippen LogP contribution in [0.5, 0.6) is 0 Å². The topological polar surface area (TPSA) is 164 Å². The van der Waals surface area contributed by atoms with Gasteiger partial charge >= 0.3 is 0 Å². The number of fused-ring (bicyclic) bond motifs is 1. The number of nitrogens with zero attached hydrogens (tertiary/aromatic N) is 1. The van der Waals surface area contributed by atoms with Crippen LogP contribution in [0.3, 0.4) is 0 Å². The van der Waals surface area contributed by atoms with Gasteiger partial charge in [0.05, 0.1) is 18.8 Å². The van der Waals surface area contributed by atoms with Crippen molar-refractivity contribution in [3.05, 3.63) is 83.4 Å². The Morgan fingerprint density at radius 2 is 1.58 bits per heavy atom. The minimum Gasteiger partial charge on any atom is -0.389 e. The Bertz CT molecular complexity index is 1410. The molecule has 1 heterocycles. The molecule has 0 aromatic heterocycles. The van der Waals surface area contributed by atoms with Crippen LogP contribution in [0.15, 0.2) is 66.7 Å². The SMILES string of the molecule is CCCCCCN(CCCN[C@@H](CCc1ccc(CCCCN)c2ccccc12)C(N)=O)C[C@H](O)[C@@H](O)[C@@H]1OC(c2ccccc2)OC[C@H]1O. The van der Waals surface area contributed by atoms with E-state index in [1.54, 1.807) is 0 Å². The van der Waals surface area contributed by atoms with Gasteiger partial charge in [-0.1, -0.05) is 92.9 Å². The Hall–Kier alpha value is -2.93. The molecule has 10 heteroatoms. The van der Waals surface area contributed by atoms with E-state index in [0.29, 0.717) is 26.1 Å². The number of rotatable bonds is 23. The quantitative estimate of drug-likeness (QED) is 0.0808. The first-order valence-electron chi connectivity index (χ1n) is 18.6. The molecule has 1 saturated heterocycles. The van der Waals surface area contributed by atoms with Crippen molar-refractivity contribution in [2.75, 3.05) is 39.3 Å². The second kappa shape index (κ2) is 21.4. The Balaban J connectivity index is 1.30. The van der Waals surface area contributed by atoms with Gasteiger partial charge in [-0.15, -0.1) is 0 Å². The highest BCUT2D eigenvalue weighted by molar-refractivity contribution is 5.89. The number of ether oxygens (including phenoxy) is 2. The van der Waals surface area contributed by atoms with Crippen molar-refractivity contribution in [3.8, 4) is 0 Å². The molecule has 3 aromatic rings. The molecule has 0 bridgehead atoms. The molecule has 1 unspecified atom stereocenters. The molecule has 6 atom stereocenters. The minimum atomic E-state index is -1.30. The monoisotopic (exact) mass is 692 g/mol. The number of hydrogen-bond acceptors (Lipinski definition) is 9. The Kier molecular flexibility index (Phi) is 17.1. The molecule has 10 nitrogen and oxygen atoms in total. The molecule has 0 radical (unpaired) electrons. The molecule has 8 N–H and O–H groups in total. The van der Waals surface area contributed by atoms with Crippen molar-refractivity contribution >= 4 is 16.7 Å². The number of nitrogens with one attached hydrogen (secondary N) is 1. The van der Waals surface area contributed by atoms with Crippen LogP contribution < -0.4 is 16.8 Å². The molecule has 0 saturated carbocycles. The lowest BCUT2D eigenvalue weighted by molar-refractivity contribution is -0.283. The summed E-state index contributed by atoms with van der Waals surface area (Å²) in [6, 6.07) is 21.7. The summed E-state index contributed by atoms with van der Waals surface area (Å²) < 4.78 is 11.6. The molecule has 1 aliphatic rings. The summed E-state index contributed by atoms with van der Waals surface area (Å²) in [7, 11) is 0. The van der Waals surface area contributed by atoms with Crippen molar-refractivity contribution in [1.82, 2.24) is 10.2 Å². The molecular formula is C40H60N4O6. The maximum absolute atomic E-state index is 12.5. The van der Waals surface area contributed by atoms with Gasteiger partial charge < -0.3 is 46.5 Å². The van der Waals surface area contributed by atoms with E-state index in [-0.39, 0.29) is 19.1 Å². The Labute approximate surface area is 298 Å². The maximum atomic E-state index is 12.5. The molecule has 0 spiro atoms. The predicted octanol–water partition coefficient (Wildman–Crippen LogP) is 3.97. The molecule has 3 aromatic carbocycles. The van der Waals surface area contributed by atoms with Crippen molar-refractivity contribution in [1.29, 1.82) is 0 Å². The molecule has 1 fully saturated rings. The zero-order valence-corrected chi connectivity index (χ0v) is 29.8. The highest BCUT2D eigenvalue weighted by Gasteiger charge is 2.39. The third kappa shape index (κ3) is 12.1. The third-order valence-electron chi connectivity index (χ3n) is 9.75. The first-order valence-corrected chi connectivity index (χ1v) is 18.6. The van der Waals surface area contributed by atoms with Crippen LogP contribution in [0.25, 0.3) is 10.8 Å². The van der Waals surface area contributed by atoms with E-state index in [1.807, 2.05) is 30.3 Å². The smallest absolute Gasteiger partial charge is 0.234 e. The zero-order valence-electron chi connectivity index (χ0n) is 29.8. The van der Waals surface area contributed by atoms with Crippen LogP contribution in [0.1, 0.15) is 81.3 Å². The number of amides is 1. The van der Waals surface area contributed by atoms with Gasteiger partial charge in [-0.2, -0.15) is 0 Å². The second-order valence-corrected chi connectivity index (χ2v) is 13.6. The van der Waals surface area contributed by atoms with Crippen LogP contribution in [0, 0.1) is 0 Å². The number of aliphatic hydroxyl groups is 3. The lowest BCUT2D eigenvalue weighted by Gasteiger charge is -2.38. The highest BCUT2D eigenvalue weighted by atomic mass is 16.7. The van der Waals surface area contributed by atoms with Crippen molar-refractivity contribution in [2.45, 2.75) is 108 Å². The van der Waals surface area contributed by atoms with E-state index in [0.717, 1.165) is 69.9 Å². The van der Waals surface area contributed by atoms with Crippen LogP contribution >= 0.6 is 0 Å². The van der Waals surface area contributed by atoms with E-state index in [1.165, 1.54) is 21.9 Å². The van der Waals surface area contributed by atoms with Crippen LogP contribution in [0.4, 0.5) is 0 Å². The van der Waals surface area contributed by atoms with Crippen LogP contribution in [0.2, 0.25) is 0 Å². The van der Waals surface area contributed by atoms with Gasteiger partial charge in [0, 0.05) is 12.1 Å². The zero-order chi connectivity index (χ0) is 35.7. The number of carbonyl (C=O) groups excluding carboxylic acids is 1. The van der Waals surface area contributed by atoms with Gasteiger partial charge in [0.25, 0.3) is 0 Å². The van der Waals surface area contributed by atoms with Crippen LogP contribution in [-0.2, 0) is 27.1 Å². The minimum absolute atomic E-state index is 0.00178. The second-order valence-electron chi connectivity index (χ2n) is 13.6. The van der Waals surface area contributed by atoms with Gasteiger partial charge in [-0.05, 0) is 93.0 Å². The molecule has 1 aliphatic heterocycles. The summed E-state index contributed by atoms with van der Waals surface area (Å²) in [5, 5.41) is 38.7. The number of nitrogens with two attached hydrogens (primary N) is 2. The first kappa shape index (κ1) is 39.8. The summed E-state index contributed by atoms with van der Waals surface area (Å²) in [4.78, 5) is 14.6. The van der Waals surface area contributed by atoms with E-state index >= 15 is 0 Å². The fourth-order valence-corrected chi connectivity index (χ4v) is 6.84. The standard InChI is InChI=1S/C40H60N4O6/c1-2-3-4-12-25-44(27-35(45)37(47)38-36(46)28-49-40(50-38)31-15-6-5-7-16-31)26-13-24-43-34(39(42)48)22-21-30-20-19-29(14-10-11-23-41)32-17-8-9-18-33(30)32/h5-9,15-20,34-38,40,43,45-47H,2-4,10-14,21-28,41H2,1H3,(H2,42,48)/t34-,35-,36+,37+,38+,40?/m0/s1. The summed E-state index contributed by atoms with van der Waals surface area (Å²) in [5.41, 5.74) is 14.9. The fourth-order valence-electron chi connectivity index (χ4n) is 6.84. The fraction of sp³-hybridized carbons (Fsp3) is 0.575. The van der Waals surface area contributed by atoms with Crippen molar-refractivity contribution in [3.63, 3.8) is 0 Å². The van der Waals surface area contributed by atoms with Gasteiger partial charge in [-0.25, -0.2) is 0 Å². The largest absolute Gasteiger partial charge is 0.389 e. The highest BCUT2D eigenvalue weighted by Crippen LogP contribution is 2.29. The van der Waals surface area contributed by atoms with E-state index in [4.69, 9.17) is 20.9 Å². The molecule has 1 amide bonds. The summed E-state index contributed by atoms with van der Waals surface area (Å²) in [5.74, 6) is -0.369. The van der Waals surface area contributed by atoms with E-state index in [9.17, 15) is 20.1 Å². The van der Waals surface area contributed by atoms with Crippen molar-refractivity contribution in [2.24, 2.45) is 11.5 Å². The van der Waals surface area contributed by atoms with Gasteiger partial charge in [-0.3, -0.25) is 4.79 Å². The number of unbranched alkanes of at least 4 members (excludes halogenated alkanes) is 4. The van der Waals surface area contributed by atoms with E-state index < -0.39 is 36.7 Å². The van der Waals surface area contributed by atoms with Gasteiger partial charge in [0.15, 0.2) is 6.29 Å². The van der Waals surface area contributed by atoms with E-state index in [2.05, 4.69) is 53.5 Å². The number of benzene rings is 3. The molecule has 0 aliphatic carbocycles. The average molecular weight is 693 g/mol. The molecule has 50 heavy (non-hydrogen) atoms. The summed E-state index contributed by atoms with van der Waals surface area (Å²) in [6.45, 7) is 5.11. The first-order chi connectivity index (χ1) is 24.3. The lowest BCUT2D eigenvalue weighted by atomic mass is 9.93. The lowest BCUT2D eigenvalue weighted by Crippen LogP contribution is -2.54. The molecule has 4 rings (SSSR count). The predicted molar refractivity (Wildman–Crippen MR) is 198 cm³/mol. The summed E-state index contributed by atoms with van der Waals surface area (Å²) in [6.07, 6.45) is 4.20. The molecule has 276 valence electrons.